The highest BCUT2D eigenvalue weighted by Gasteiger charge is 2.10. The molecule has 0 fully saturated rings. The van der Waals surface area contributed by atoms with Crippen molar-refractivity contribution in [3.8, 4) is 11.1 Å². The summed E-state index contributed by atoms with van der Waals surface area (Å²) >= 11 is 1.61. The van der Waals surface area contributed by atoms with E-state index in [0.717, 1.165) is 34.0 Å². The number of nitrogens with zero attached hydrogens (tertiary/aromatic N) is 1. The minimum Gasteiger partial charge on any atom is -0.352 e. The van der Waals surface area contributed by atoms with E-state index >= 15 is 0 Å². The van der Waals surface area contributed by atoms with Crippen LogP contribution >= 0.6 is 11.3 Å². The molecule has 2 heterocycles. The SMILES string of the molecule is Cc1ncsc1CCNC(=O)c1ccc2c(-c3ccc(=O)[nH]c3)cccc2c1. The second-order valence-electron chi connectivity index (χ2n) is 6.55. The van der Waals surface area contributed by atoms with Crippen LogP contribution in [0.1, 0.15) is 20.9 Å². The van der Waals surface area contributed by atoms with Crippen molar-refractivity contribution in [2.45, 2.75) is 13.3 Å². The molecule has 0 saturated heterocycles. The third kappa shape index (κ3) is 3.73. The summed E-state index contributed by atoms with van der Waals surface area (Å²) in [5.41, 5.74) is 5.31. The van der Waals surface area contributed by atoms with Crippen molar-refractivity contribution in [1.29, 1.82) is 0 Å². The van der Waals surface area contributed by atoms with Gasteiger partial charge in [-0.25, -0.2) is 4.98 Å². The summed E-state index contributed by atoms with van der Waals surface area (Å²) in [7, 11) is 0. The summed E-state index contributed by atoms with van der Waals surface area (Å²) in [4.78, 5) is 32.0. The van der Waals surface area contributed by atoms with Gasteiger partial charge in [0.1, 0.15) is 0 Å². The lowest BCUT2D eigenvalue weighted by atomic mass is 9.98. The monoisotopic (exact) mass is 389 g/mol. The Labute approximate surface area is 166 Å². The first-order valence-corrected chi connectivity index (χ1v) is 9.89. The maximum Gasteiger partial charge on any atom is 0.251 e. The Kier molecular flexibility index (Phi) is 5.04. The van der Waals surface area contributed by atoms with Crippen molar-refractivity contribution in [3.63, 3.8) is 0 Å². The number of carbonyl (C=O) groups excluding carboxylic acids is 1. The van der Waals surface area contributed by atoms with Gasteiger partial charge in [-0.15, -0.1) is 11.3 Å². The van der Waals surface area contributed by atoms with Crippen LogP contribution in [0.4, 0.5) is 0 Å². The van der Waals surface area contributed by atoms with Crippen LogP contribution in [0.15, 0.2) is 65.0 Å². The number of pyridine rings is 1. The predicted molar refractivity (Wildman–Crippen MR) is 113 cm³/mol. The number of hydrogen-bond acceptors (Lipinski definition) is 4. The Morgan fingerprint density at radius 3 is 2.82 bits per heavy atom. The maximum atomic E-state index is 12.5. The second-order valence-corrected chi connectivity index (χ2v) is 7.49. The highest BCUT2D eigenvalue weighted by molar-refractivity contribution is 7.09. The number of carbonyl (C=O) groups is 1. The molecule has 2 N–H and O–H groups in total. The van der Waals surface area contributed by atoms with Crippen LogP contribution in [0, 0.1) is 6.92 Å². The van der Waals surface area contributed by atoms with E-state index in [9.17, 15) is 9.59 Å². The molecule has 5 nitrogen and oxygen atoms in total. The van der Waals surface area contributed by atoms with Gasteiger partial charge in [0.15, 0.2) is 0 Å². The topological polar surface area (TPSA) is 74.8 Å². The third-order valence-electron chi connectivity index (χ3n) is 4.72. The van der Waals surface area contributed by atoms with Crippen LogP contribution in [-0.2, 0) is 6.42 Å². The highest BCUT2D eigenvalue weighted by Crippen LogP contribution is 2.28. The average Bonchev–Trinajstić information content (AvgIpc) is 3.12. The van der Waals surface area contributed by atoms with Crippen LogP contribution in [0.3, 0.4) is 0 Å². The highest BCUT2D eigenvalue weighted by atomic mass is 32.1. The quantitative estimate of drug-likeness (QED) is 0.543. The molecule has 0 bridgehead atoms. The van der Waals surface area contributed by atoms with Crippen LogP contribution in [0.2, 0.25) is 0 Å². The molecule has 140 valence electrons. The Morgan fingerprint density at radius 1 is 1.18 bits per heavy atom. The zero-order valence-corrected chi connectivity index (χ0v) is 16.2. The van der Waals surface area contributed by atoms with E-state index in [4.69, 9.17) is 0 Å². The fraction of sp³-hybridized carbons (Fsp3) is 0.136. The molecular formula is C22H19N3O2S. The van der Waals surface area contributed by atoms with Crippen molar-refractivity contribution in [1.82, 2.24) is 15.3 Å². The van der Waals surface area contributed by atoms with E-state index in [1.165, 1.54) is 10.9 Å². The molecule has 28 heavy (non-hydrogen) atoms. The number of amides is 1. The molecule has 1 amide bonds. The fourth-order valence-corrected chi connectivity index (χ4v) is 3.99. The van der Waals surface area contributed by atoms with Crippen LogP contribution in [0.5, 0.6) is 0 Å². The van der Waals surface area contributed by atoms with Gasteiger partial charge in [0.2, 0.25) is 5.56 Å². The van der Waals surface area contributed by atoms with Crippen molar-refractivity contribution >= 4 is 28.0 Å². The lowest BCUT2D eigenvalue weighted by Crippen LogP contribution is -2.25. The summed E-state index contributed by atoms with van der Waals surface area (Å²) in [6, 6.07) is 15.0. The summed E-state index contributed by atoms with van der Waals surface area (Å²) < 4.78 is 0. The van der Waals surface area contributed by atoms with Gasteiger partial charge in [0, 0.05) is 35.7 Å². The lowest BCUT2D eigenvalue weighted by molar-refractivity contribution is 0.0954. The van der Waals surface area contributed by atoms with Gasteiger partial charge in [-0.3, -0.25) is 9.59 Å². The van der Waals surface area contributed by atoms with Gasteiger partial charge >= 0.3 is 0 Å². The zero-order valence-electron chi connectivity index (χ0n) is 15.4. The van der Waals surface area contributed by atoms with Crippen LogP contribution < -0.4 is 10.9 Å². The maximum absolute atomic E-state index is 12.5. The third-order valence-corrected chi connectivity index (χ3v) is 5.72. The number of nitrogens with one attached hydrogen (secondary N) is 2. The number of thiazole rings is 1. The van der Waals surface area contributed by atoms with E-state index in [1.807, 2.05) is 48.8 Å². The van der Waals surface area contributed by atoms with Crippen molar-refractivity contribution < 1.29 is 4.79 Å². The van der Waals surface area contributed by atoms with Gasteiger partial charge in [-0.05, 0) is 47.0 Å². The van der Waals surface area contributed by atoms with E-state index < -0.39 is 0 Å². The van der Waals surface area contributed by atoms with Gasteiger partial charge < -0.3 is 10.3 Å². The molecule has 0 radical (unpaired) electrons. The normalized spacial score (nSPS) is 10.9. The number of rotatable bonds is 5. The Balaban J connectivity index is 1.54. The molecule has 6 heteroatoms. The van der Waals surface area contributed by atoms with Gasteiger partial charge in [-0.2, -0.15) is 0 Å². The molecule has 2 aromatic carbocycles. The Hall–Kier alpha value is -3.25. The van der Waals surface area contributed by atoms with E-state index in [1.54, 1.807) is 23.6 Å². The predicted octanol–water partition coefficient (Wildman–Crippen LogP) is 3.93. The first kappa shape index (κ1) is 18.1. The van der Waals surface area contributed by atoms with Crippen molar-refractivity contribution in [3.05, 3.63) is 86.7 Å². The molecule has 0 unspecified atom stereocenters. The largest absolute Gasteiger partial charge is 0.352 e. The number of benzene rings is 2. The number of aryl methyl sites for hydroxylation is 1. The lowest BCUT2D eigenvalue weighted by Gasteiger charge is -2.09. The molecule has 0 aliphatic rings. The molecule has 2 aromatic heterocycles. The summed E-state index contributed by atoms with van der Waals surface area (Å²) in [6.07, 6.45) is 2.49. The van der Waals surface area contributed by atoms with Crippen molar-refractivity contribution in [2.24, 2.45) is 0 Å². The van der Waals surface area contributed by atoms with E-state index in [2.05, 4.69) is 15.3 Å². The van der Waals surface area contributed by atoms with E-state index in [-0.39, 0.29) is 11.5 Å². The van der Waals surface area contributed by atoms with E-state index in [0.29, 0.717) is 12.1 Å². The summed E-state index contributed by atoms with van der Waals surface area (Å²) in [6.45, 7) is 2.56. The zero-order chi connectivity index (χ0) is 19.5. The second kappa shape index (κ2) is 7.78. The Morgan fingerprint density at radius 2 is 2.07 bits per heavy atom. The number of aromatic amines is 1. The fourth-order valence-electron chi connectivity index (χ4n) is 3.21. The van der Waals surface area contributed by atoms with Crippen LogP contribution in [-0.4, -0.2) is 22.4 Å². The number of aromatic nitrogens is 2. The Bertz CT molecular complexity index is 1190. The smallest absolute Gasteiger partial charge is 0.251 e. The van der Waals surface area contributed by atoms with Gasteiger partial charge in [0.25, 0.3) is 5.91 Å². The van der Waals surface area contributed by atoms with Crippen LogP contribution in [0.25, 0.3) is 21.9 Å². The molecule has 4 aromatic rings. The molecule has 0 aliphatic carbocycles. The van der Waals surface area contributed by atoms with Gasteiger partial charge in [-0.1, -0.05) is 24.3 Å². The molecular weight excluding hydrogens is 370 g/mol. The number of H-pyrrole nitrogens is 1. The molecule has 0 aliphatic heterocycles. The molecule has 0 spiro atoms. The minimum absolute atomic E-state index is 0.0847. The standard InChI is InChI=1S/C22H19N3O2S/c1-14-20(28-13-25-14)9-10-23-22(27)16-5-7-19-15(11-16)3-2-4-18(19)17-6-8-21(26)24-12-17/h2-8,11-13H,9-10H2,1H3,(H,23,27)(H,24,26). The molecule has 4 rings (SSSR count). The summed E-state index contributed by atoms with van der Waals surface area (Å²) in [5, 5.41) is 5.00. The number of fused-ring (bicyclic) bond motifs is 1. The summed E-state index contributed by atoms with van der Waals surface area (Å²) in [5.74, 6) is -0.0847. The molecule has 0 saturated carbocycles. The average molecular weight is 389 g/mol. The van der Waals surface area contributed by atoms with Crippen molar-refractivity contribution in [2.75, 3.05) is 6.54 Å². The minimum atomic E-state index is -0.128. The first-order valence-electron chi connectivity index (χ1n) is 9.01. The first-order chi connectivity index (χ1) is 13.6. The molecule has 0 atom stereocenters. The van der Waals surface area contributed by atoms with Gasteiger partial charge in [0.05, 0.1) is 11.2 Å². The number of hydrogen-bond donors (Lipinski definition) is 2.